The molecule has 0 radical (unpaired) electrons. The number of nitrogens with one attached hydrogen (secondary N) is 1. The Bertz CT molecular complexity index is 717. The summed E-state index contributed by atoms with van der Waals surface area (Å²) in [4.78, 5) is 0. The Morgan fingerprint density at radius 1 is 1.38 bits per heavy atom. The molecule has 2 aromatic rings. The fraction of sp³-hybridized carbons (Fsp3) is 0.533. The highest BCUT2D eigenvalue weighted by Gasteiger charge is 2.29. The summed E-state index contributed by atoms with van der Waals surface area (Å²) in [6.07, 6.45) is -1.31. The maximum absolute atomic E-state index is 14.2. The quantitative estimate of drug-likeness (QED) is 0.828. The largest absolute Gasteiger partial charge is 0.394 e. The number of benzene rings is 1. The molecule has 0 bridgehead atoms. The predicted molar refractivity (Wildman–Crippen MR) is 79.5 cm³/mol. The molecule has 0 amide bonds. The van der Waals surface area contributed by atoms with Crippen molar-refractivity contribution in [1.29, 1.82) is 0 Å². The number of aliphatic hydroxyl groups excluding tert-OH is 1. The molecule has 1 aromatic carbocycles. The summed E-state index contributed by atoms with van der Waals surface area (Å²) in [7, 11) is 1.50. The number of rotatable bonds is 6. The number of methoxy groups -OCH3 is 1. The maximum atomic E-state index is 14.2. The van der Waals surface area contributed by atoms with Crippen molar-refractivity contribution in [1.82, 2.24) is 5.16 Å². The van der Waals surface area contributed by atoms with Crippen molar-refractivity contribution in [3.63, 3.8) is 0 Å². The van der Waals surface area contributed by atoms with Crippen molar-refractivity contribution < 1.29 is 32.6 Å². The number of nitrogens with zero attached hydrogens (tertiary/aromatic N) is 1. The summed E-state index contributed by atoms with van der Waals surface area (Å²) >= 11 is 0. The highest BCUT2D eigenvalue weighted by Crippen LogP contribution is 2.34. The lowest BCUT2D eigenvalue weighted by atomic mass is 10.1. The smallest absolute Gasteiger partial charge is 0.207 e. The molecular weight excluding hydrogens is 326 g/mol. The van der Waals surface area contributed by atoms with E-state index in [-0.39, 0.29) is 35.1 Å². The third-order valence-corrected chi connectivity index (χ3v) is 4.01. The number of hydrogen-bond acceptors (Lipinski definition) is 7. The van der Waals surface area contributed by atoms with Crippen molar-refractivity contribution in [3.8, 4) is 0 Å². The minimum Gasteiger partial charge on any atom is -0.394 e. The van der Waals surface area contributed by atoms with Gasteiger partial charge in [0.1, 0.15) is 0 Å². The lowest BCUT2D eigenvalue weighted by Gasteiger charge is -2.21. The SMILES string of the molecule is CO[C@@H](C)[C@@H](CO)Nc1noc2c(F)c(F)c(C3OCCO3)cc12. The van der Waals surface area contributed by atoms with Crippen LogP contribution in [-0.2, 0) is 14.2 Å². The van der Waals surface area contributed by atoms with Gasteiger partial charge in [-0.05, 0) is 13.0 Å². The van der Waals surface area contributed by atoms with Crippen LogP contribution in [0.1, 0.15) is 18.8 Å². The summed E-state index contributed by atoms with van der Waals surface area (Å²) in [6, 6.07) is 0.868. The number of halogens is 2. The van der Waals surface area contributed by atoms with Gasteiger partial charge in [0.05, 0.1) is 37.4 Å². The molecule has 7 nitrogen and oxygen atoms in total. The lowest BCUT2D eigenvalue weighted by Crippen LogP contribution is -2.36. The molecule has 1 aliphatic rings. The lowest BCUT2D eigenvalue weighted by molar-refractivity contribution is -0.0467. The van der Waals surface area contributed by atoms with Crippen LogP contribution < -0.4 is 5.32 Å². The molecule has 9 heteroatoms. The first-order valence-electron chi connectivity index (χ1n) is 7.47. The molecule has 1 saturated heterocycles. The molecule has 2 atom stereocenters. The second-order valence-electron chi connectivity index (χ2n) is 5.45. The summed E-state index contributed by atoms with van der Waals surface area (Å²) < 4.78 is 49.0. The Morgan fingerprint density at radius 2 is 2.08 bits per heavy atom. The summed E-state index contributed by atoms with van der Waals surface area (Å²) in [5.41, 5.74) is -0.386. The molecule has 2 N–H and O–H groups in total. The summed E-state index contributed by atoms with van der Waals surface area (Å²) in [6.45, 7) is 2.11. The summed E-state index contributed by atoms with van der Waals surface area (Å²) in [5.74, 6) is -2.09. The average Bonchev–Trinajstić information content (AvgIpc) is 3.25. The Morgan fingerprint density at radius 3 is 2.71 bits per heavy atom. The van der Waals surface area contributed by atoms with Gasteiger partial charge in [0.2, 0.25) is 11.4 Å². The van der Waals surface area contributed by atoms with Crippen LogP contribution in [0.25, 0.3) is 11.0 Å². The van der Waals surface area contributed by atoms with Gasteiger partial charge in [0, 0.05) is 12.7 Å². The number of aromatic nitrogens is 1. The van der Waals surface area contributed by atoms with E-state index in [1.165, 1.54) is 13.2 Å². The van der Waals surface area contributed by atoms with Gasteiger partial charge >= 0.3 is 0 Å². The van der Waals surface area contributed by atoms with Crippen LogP contribution >= 0.6 is 0 Å². The van der Waals surface area contributed by atoms with Crippen LogP contribution in [0.2, 0.25) is 0 Å². The molecule has 132 valence electrons. The molecule has 3 rings (SSSR count). The number of aliphatic hydroxyl groups is 1. The minimum absolute atomic E-state index is 0.0657. The van der Waals surface area contributed by atoms with Crippen LogP contribution in [0.3, 0.4) is 0 Å². The van der Waals surface area contributed by atoms with E-state index >= 15 is 0 Å². The fourth-order valence-electron chi connectivity index (χ4n) is 2.50. The second kappa shape index (κ2) is 6.98. The third-order valence-electron chi connectivity index (χ3n) is 4.01. The highest BCUT2D eigenvalue weighted by atomic mass is 19.2. The van der Waals surface area contributed by atoms with E-state index in [2.05, 4.69) is 10.5 Å². The normalized spacial score (nSPS) is 18.2. The Hall–Kier alpha value is -1.81. The van der Waals surface area contributed by atoms with Gasteiger partial charge < -0.3 is 29.2 Å². The second-order valence-corrected chi connectivity index (χ2v) is 5.45. The molecule has 1 aromatic heterocycles. The van der Waals surface area contributed by atoms with Crippen molar-refractivity contribution in [2.75, 3.05) is 32.2 Å². The van der Waals surface area contributed by atoms with E-state index < -0.39 is 24.0 Å². The standard InChI is InChI=1S/C15H18F2N2O5/c1-7(21-2)10(6-20)18-14-9-5-8(15-22-3-4-23-15)11(16)12(17)13(9)24-19-14/h5,7,10,15,20H,3-4,6H2,1-2H3,(H,18,19)/t7-,10+/m0/s1. The first-order chi connectivity index (χ1) is 11.6. The molecule has 0 aliphatic carbocycles. The Labute approximate surface area is 136 Å². The van der Waals surface area contributed by atoms with Gasteiger partial charge in [-0.1, -0.05) is 5.16 Å². The molecule has 0 unspecified atom stereocenters. The van der Waals surface area contributed by atoms with Crippen molar-refractivity contribution in [2.45, 2.75) is 25.4 Å². The van der Waals surface area contributed by atoms with Crippen LogP contribution in [0.5, 0.6) is 0 Å². The topological polar surface area (TPSA) is 86.0 Å². The van der Waals surface area contributed by atoms with Crippen molar-refractivity contribution in [3.05, 3.63) is 23.3 Å². The Balaban J connectivity index is 2.00. The van der Waals surface area contributed by atoms with Gasteiger partial charge in [-0.3, -0.25) is 0 Å². The zero-order chi connectivity index (χ0) is 17.3. The van der Waals surface area contributed by atoms with E-state index in [0.29, 0.717) is 13.2 Å². The number of anilines is 1. The van der Waals surface area contributed by atoms with Gasteiger partial charge in [-0.25, -0.2) is 4.39 Å². The minimum atomic E-state index is -1.16. The van der Waals surface area contributed by atoms with E-state index in [4.69, 9.17) is 18.7 Å². The van der Waals surface area contributed by atoms with Crippen LogP contribution in [-0.4, -0.2) is 49.3 Å². The van der Waals surface area contributed by atoms with Gasteiger partial charge in [-0.2, -0.15) is 4.39 Å². The first kappa shape index (κ1) is 17.0. The predicted octanol–water partition coefficient (Wildman–Crippen LogP) is 1.96. The van der Waals surface area contributed by atoms with Gasteiger partial charge in [0.15, 0.2) is 17.9 Å². The number of fused-ring (bicyclic) bond motifs is 1. The zero-order valence-electron chi connectivity index (χ0n) is 13.2. The molecule has 0 saturated carbocycles. The van der Waals surface area contributed by atoms with Crippen LogP contribution in [0.15, 0.2) is 10.6 Å². The molecule has 1 fully saturated rings. The molecule has 24 heavy (non-hydrogen) atoms. The molecular formula is C15H18F2N2O5. The molecule has 1 aliphatic heterocycles. The molecule has 2 heterocycles. The van der Waals surface area contributed by atoms with Crippen LogP contribution in [0.4, 0.5) is 14.6 Å². The van der Waals surface area contributed by atoms with E-state index in [9.17, 15) is 13.9 Å². The number of ether oxygens (including phenoxy) is 3. The van der Waals surface area contributed by atoms with Crippen molar-refractivity contribution >= 4 is 16.8 Å². The third kappa shape index (κ3) is 2.95. The summed E-state index contributed by atoms with van der Waals surface area (Å²) in [5, 5.41) is 16.3. The Kier molecular flexibility index (Phi) is 4.95. The maximum Gasteiger partial charge on any atom is 0.207 e. The first-order valence-corrected chi connectivity index (χ1v) is 7.47. The average molecular weight is 344 g/mol. The van der Waals surface area contributed by atoms with E-state index in [1.54, 1.807) is 6.92 Å². The number of hydrogen-bond donors (Lipinski definition) is 2. The zero-order valence-corrected chi connectivity index (χ0v) is 13.2. The van der Waals surface area contributed by atoms with Gasteiger partial charge in [0.25, 0.3) is 0 Å². The van der Waals surface area contributed by atoms with E-state index in [1.807, 2.05) is 0 Å². The monoisotopic (exact) mass is 344 g/mol. The van der Waals surface area contributed by atoms with Crippen molar-refractivity contribution in [2.24, 2.45) is 0 Å². The van der Waals surface area contributed by atoms with E-state index in [0.717, 1.165) is 0 Å². The fourth-order valence-corrected chi connectivity index (χ4v) is 2.50. The van der Waals surface area contributed by atoms with Gasteiger partial charge in [-0.15, -0.1) is 0 Å². The van der Waals surface area contributed by atoms with Crippen LogP contribution in [0, 0.1) is 11.6 Å². The molecule has 0 spiro atoms. The highest BCUT2D eigenvalue weighted by molar-refractivity contribution is 5.89.